The third kappa shape index (κ3) is 2.84. The summed E-state index contributed by atoms with van der Waals surface area (Å²) >= 11 is 0. The number of nitrogens with zero attached hydrogens (tertiary/aromatic N) is 2. The maximum absolute atomic E-state index is 4.20. The molecule has 0 fully saturated rings. The van der Waals surface area contributed by atoms with E-state index in [1.54, 1.807) is 0 Å². The van der Waals surface area contributed by atoms with Gasteiger partial charge in [-0.15, -0.1) is 0 Å². The molecule has 1 unspecified atom stereocenters. The first-order chi connectivity index (χ1) is 6.25. The second-order valence-corrected chi connectivity index (χ2v) is 3.43. The maximum Gasteiger partial charge on any atom is 0.105 e. The van der Waals surface area contributed by atoms with Crippen LogP contribution < -0.4 is 5.32 Å². The Kier molecular flexibility index (Phi) is 3.96. The zero-order valence-corrected chi connectivity index (χ0v) is 8.75. The van der Waals surface area contributed by atoms with Gasteiger partial charge in [0.25, 0.3) is 0 Å². The molecule has 0 bridgehead atoms. The van der Waals surface area contributed by atoms with Crippen molar-refractivity contribution in [2.24, 2.45) is 0 Å². The largest absolute Gasteiger partial charge is 0.331 e. The topological polar surface area (TPSA) is 29.9 Å². The molecule has 0 radical (unpaired) electrons. The molecule has 0 saturated heterocycles. The Hall–Kier alpha value is -0.830. The molecular weight excluding hydrogens is 162 g/mol. The van der Waals surface area contributed by atoms with Crippen molar-refractivity contribution in [1.29, 1.82) is 0 Å². The molecule has 74 valence electrons. The quantitative estimate of drug-likeness (QED) is 0.701. The Bertz CT molecular complexity index is 242. The fourth-order valence-electron chi connectivity index (χ4n) is 1.44. The van der Waals surface area contributed by atoms with E-state index in [4.69, 9.17) is 0 Å². The van der Waals surface area contributed by atoms with Crippen LogP contribution >= 0.6 is 0 Å². The molecule has 0 spiro atoms. The normalized spacial score (nSPS) is 13.2. The second-order valence-electron chi connectivity index (χ2n) is 3.43. The van der Waals surface area contributed by atoms with E-state index < -0.39 is 0 Å². The van der Waals surface area contributed by atoms with Crippen molar-refractivity contribution in [2.45, 2.75) is 33.2 Å². The zero-order chi connectivity index (χ0) is 9.68. The van der Waals surface area contributed by atoms with Crippen LogP contribution in [0.25, 0.3) is 0 Å². The zero-order valence-electron chi connectivity index (χ0n) is 8.75. The van der Waals surface area contributed by atoms with Gasteiger partial charge in [0.15, 0.2) is 0 Å². The first-order valence-electron chi connectivity index (χ1n) is 4.95. The van der Waals surface area contributed by atoms with Crippen molar-refractivity contribution in [1.82, 2.24) is 14.9 Å². The standard InChI is InChI=1S/C10H19N3/c1-4-5-11-8-9(2)13-7-6-12-10(13)3/h6-7,9,11H,4-5,8H2,1-3H3. The summed E-state index contributed by atoms with van der Waals surface area (Å²) in [6.45, 7) is 8.54. The van der Waals surface area contributed by atoms with Crippen LogP contribution in [0, 0.1) is 6.92 Å². The number of imidazole rings is 1. The molecule has 0 aliphatic heterocycles. The number of nitrogens with one attached hydrogen (secondary N) is 1. The SMILES string of the molecule is CCCNCC(C)n1ccnc1C. The van der Waals surface area contributed by atoms with E-state index in [9.17, 15) is 0 Å². The Morgan fingerprint density at radius 2 is 2.38 bits per heavy atom. The molecule has 0 aromatic carbocycles. The summed E-state index contributed by atoms with van der Waals surface area (Å²) < 4.78 is 2.20. The highest BCUT2D eigenvalue weighted by molar-refractivity contribution is 4.91. The van der Waals surface area contributed by atoms with Crippen LogP contribution in [0.3, 0.4) is 0 Å². The van der Waals surface area contributed by atoms with Crippen molar-refractivity contribution < 1.29 is 0 Å². The molecule has 3 heteroatoms. The lowest BCUT2D eigenvalue weighted by atomic mass is 10.3. The van der Waals surface area contributed by atoms with Crippen molar-refractivity contribution in [3.05, 3.63) is 18.2 Å². The van der Waals surface area contributed by atoms with Gasteiger partial charge in [-0.25, -0.2) is 4.98 Å². The number of hydrogen-bond acceptors (Lipinski definition) is 2. The summed E-state index contributed by atoms with van der Waals surface area (Å²) in [4.78, 5) is 4.20. The fraction of sp³-hybridized carbons (Fsp3) is 0.700. The second kappa shape index (κ2) is 5.02. The van der Waals surface area contributed by atoms with E-state index in [1.165, 1.54) is 6.42 Å². The Balaban J connectivity index is 2.39. The van der Waals surface area contributed by atoms with Crippen LogP contribution in [0.1, 0.15) is 32.1 Å². The van der Waals surface area contributed by atoms with E-state index in [2.05, 4.69) is 28.7 Å². The van der Waals surface area contributed by atoms with Crippen molar-refractivity contribution in [3.63, 3.8) is 0 Å². The lowest BCUT2D eigenvalue weighted by molar-refractivity contribution is 0.484. The first-order valence-corrected chi connectivity index (χ1v) is 4.95. The minimum atomic E-state index is 0.494. The van der Waals surface area contributed by atoms with Crippen LogP contribution in [0.2, 0.25) is 0 Å². The highest BCUT2D eigenvalue weighted by Crippen LogP contribution is 2.06. The van der Waals surface area contributed by atoms with Gasteiger partial charge in [-0.1, -0.05) is 6.92 Å². The summed E-state index contributed by atoms with van der Waals surface area (Å²) in [6.07, 6.45) is 5.08. The van der Waals surface area contributed by atoms with Crippen LogP contribution in [-0.4, -0.2) is 22.6 Å². The molecule has 1 atom stereocenters. The van der Waals surface area contributed by atoms with Crippen LogP contribution in [-0.2, 0) is 0 Å². The van der Waals surface area contributed by atoms with Gasteiger partial charge < -0.3 is 9.88 Å². The van der Waals surface area contributed by atoms with Crippen molar-refractivity contribution in [3.8, 4) is 0 Å². The van der Waals surface area contributed by atoms with E-state index in [1.807, 2.05) is 19.3 Å². The van der Waals surface area contributed by atoms with E-state index >= 15 is 0 Å². The van der Waals surface area contributed by atoms with Crippen molar-refractivity contribution in [2.75, 3.05) is 13.1 Å². The molecule has 1 N–H and O–H groups in total. The monoisotopic (exact) mass is 181 g/mol. The third-order valence-corrected chi connectivity index (χ3v) is 2.20. The Morgan fingerprint density at radius 3 is 2.92 bits per heavy atom. The van der Waals surface area contributed by atoms with Gasteiger partial charge in [-0.2, -0.15) is 0 Å². The molecule has 0 aliphatic carbocycles. The van der Waals surface area contributed by atoms with E-state index in [-0.39, 0.29) is 0 Å². The smallest absolute Gasteiger partial charge is 0.105 e. The molecule has 1 aromatic rings. The van der Waals surface area contributed by atoms with E-state index in [0.29, 0.717) is 6.04 Å². The molecule has 13 heavy (non-hydrogen) atoms. The van der Waals surface area contributed by atoms with E-state index in [0.717, 1.165) is 18.9 Å². The van der Waals surface area contributed by atoms with Crippen LogP contribution in [0.5, 0.6) is 0 Å². The van der Waals surface area contributed by atoms with Crippen LogP contribution in [0.4, 0.5) is 0 Å². The Morgan fingerprint density at radius 1 is 1.62 bits per heavy atom. The number of aromatic nitrogens is 2. The third-order valence-electron chi connectivity index (χ3n) is 2.20. The molecule has 1 rings (SSSR count). The molecule has 1 aromatic heterocycles. The minimum absolute atomic E-state index is 0.494. The molecule has 0 saturated carbocycles. The van der Waals surface area contributed by atoms with Gasteiger partial charge >= 0.3 is 0 Å². The maximum atomic E-state index is 4.20. The number of aryl methyl sites for hydroxylation is 1. The van der Waals surface area contributed by atoms with Gasteiger partial charge in [-0.3, -0.25) is 0 Å². The summed E-state index contributed by atoms with van der Waals surface area (Å²) in [5.41, 5.74) is 0. The lowest BCUT2D eigenvalue weighted by Crippen LogP contribution is -2.24. The predicted octanol–water partition coefficient (Wildman–Crippen LogP) is 1.75. The summed E-state index contributed by atoms with van der Waals surface area (Å²) in [5.74, 6) is 1.09. The highest BCUT2D eigenvalue weighted by Gasteiger charge is 2.05. The summed E-state index contributed by atoms with van der Waals surface area (Å²) in [6, 6.07) is 0.494. The lowest BCUT2D eigenvalue weighted by Gasteiger charge is -2.15. The molecule has 1 heterocycles. The average Bonchev–Trinajstić information content (AvgIpc) is 2.52. The van der Waals surface area contributed by atoms with Gasteiger partial charge in [0.05, 0.1) is 0 Å². The van der Waals surface area contributed by atoms with Gasteiger partial charge in [0, 0.05) is 25.0 Å². The first kappa shape index (κ1) is 10.3. The summed E-state index contributed by atoms with van der Waals surface area (Å²) in [5, 5.41) is 3.40. The number of hydrogen-bond donors (Lipinski definition) is 1. The fourth-order valence-corrected chi connectivity index (χ4v) is 1.44. The minimum Gasteiger partial charge on any atom is -0.331 e. The molecular formula is C10H19N3. The highest BCUT2D eigenvalue weighted by atomic mass is 15.1. The summed E-state index contributed by atoms with van der Waals surface area (Å²) in [7, 11) is 0. The van der Waals surface area contributed by atoms with Gasteiger partial charge in [0.2, 0.25) is 0 Å². The molecule has 3 nitrogen and oxygen atoms in total. The number of rotatable bonds is 5. The molecule has 0 amide bonds. The predicted molar refractivity (Wildman–Crippen MR) is 54.8 cm³/mol. The van der Waals surface area contributed by atoms with Crippen LogP contribution in [0.15, 0.2) is 12.4 Å². The van der Waals surface area contributed by atoms with Gasteiger partial charge in [-0.05, 0) is 26.8 Å². The van der Waals surface area contributed by atoms with Gasteiger partial charge in [0.1, 0.15) is 5.82 Å². The Labute approximate surface area is 80.2 Å². The van der Waals surface area contributed by atoms with Crippen molar-refractivity contribution >= 4 is 0 Å². The average molecular weight is 181 g/mol. The molecule has 0 aliphatic rings.